The fourth-order valence-electron chi connectivity index (χ4n) is 2.27. The zero-order valence-corrected chi connectivity index (χ0v) is 14.3. The fourth-order valence-corrected chi connectivity index (χ4v) is 2.50. The zero-order valence-electron chi connectivity index (χ0n) is 13.5. The first-order valence-corrected chi connectivity index (χ1v) is 8.02. The SMILES string of the molecule is COC(=O)c1nc(C2CC2)nc(NCc2ccc(OC)cc2)c1Cl. The Morgan fingerprint density at radius 3 is 2.54 bits per heavy atom. The molecule has 0 amide bonds. The molecule has 0 aliphatic heterocycles. The highest BCUT2D eigenvalue weighted by Crippen LogP contribution is 2.39. The van der Waals surface area contributed by atoms with Crippen molar-refractivity contribution in [1.29, 1.82) is 0 Å². The molecule has 0 atom stereocenters. The van der Waals surface area contributed by atoms with E-state index in [2.05, 4.69) is 15.3 Å². The number of aromatic nitrogens is 2. The van der Waals surface area contributed by atoms with Crippen LogP contribution in [0.3, 0.4) is 0 Å². The third-order valence-electron chi connectivity index (χ3n) is 3.81. The maximum atomic E-state index is 11.9. The van der Waals surface area contributed by atoms with Gasteiger partial charge in [-0.15, -0.1) is 0 Å². The Hall–Kier alpha value is -2.34. The molecule has 1 fully saturated rings. The van der Waals surface area contributed by atoms with E-state index in [1.807, 2.05) is 24.3 Å². The number of anilines is 1. The number of nitrogens with one attached hydrogen (secondary N) is 1. The third kappa shape index (κ3) is 3.59. The van der Waals surface area contributed by atoms with Crippen molar-refractivity contribution in [2.24, 2.45) is 0 Å². The van der Waals surface area contributed by atoms with Crippen molar-refractivity contribution in [2.75, 3.05) is 19.5 Å². The van der Waals surface area contributed by atoms with E-state index in [9.17, 15) is 4.79 Å². The van der Waals surface area contributed by atoms with E-state index in [0.717, 1.165) is 24.2 Å². The van der Waals surface area contributed by atoms with Crippen LogP contribution in [0.25, 0.3) is 0 Å². The largest absolute Gasteiger partial charge is 0.497 e. The zero-order chi connectivity index (χ0) is 17.1. The van der Waals surface area contributed by atoms with E-state index in [0.29, 0.717) is 24.1 Å². The second-order valence-electron chi connectivity index (χ2n) is 5.56. The molecule has 0 spiro atoms. The van der Waals surface area contributed by atoms with Crippen molar-refractivity contribution in [3.63, 3.8) is 0 Å². The number of carbonyl (C=O) groups excluding carboxylic acids is 1. The van der Waals surface area contributed by atoms with Crippen LogP contribution in [-0.4, -0.2) is 30.2 Å². The number of hydrogen-bond acceptors (Lipinski definition) is 6. The number of rotatable bonds is 6. The van der Waals surface area contributed by atoms with Crippen molar-refractivity contribution in [3.8, 4) is 5.75 Å². The Kier molecular flexibility index (Phi) is 4.85. The van der Waals surface area contributed by atoms with Crippen LogP contribution in [0.1, 0.15) is 40.6 Å². The van der Waals surface area contributed by atoms with Gasteiger partial charge in [0, 0.05) is 12.5 Å². The first kappa shape index (κ1) is 16.5. The van der Waals surface area contributed by atoms with Crippen molar-refractivity contribution in [2.45, 2.75) is 25.3 Å². The van der Waals surface area contributed by atoms with Gasteiger partial charge >= 0.3 is 5.97 Å². The summed E-state index contributed by atoms with van der Waals surface area (Å²) in [6.45, 7) is 0.519. The van der Waals surface area contributed by atoms with E-state index in [1.54, 1.807) is 7.11 Å². The Morgan fingerprint density at radius 1 is 1.25 bits per heavy atom. The molecule has 1 aromatic heterocycles. The average molecular weight is 348 g/mol. The topological polar surface area (TPSA) is 73.3 Å². The summed E-state index contributed by atoms with van der Waals surface area (Å²) in [6.07, 6.45) is 2.06. The highest BCUT2D eigenvalue weighted by Gasteiger charge is 2.30. The minimum absolute atomic E-state index is 0.105. The van der Waals surface area contributed by atoms with E-state index < -0.39 is 5.97 Å². The highest BCUT2D eigenvalue weighted by atomic mass is 35.5. The van der Waals surface area contributed by atoms with Crippen molar-refractivity contribution < 1.29 is 14.3 Å². The van der Waals surface area contributed by atoms with Crippen LogP contribution < -0.4 is 10.1 Å². The Bertz CT molecular complexity index is 745. The molecule has 2 aromatic rings. The minimum Gasteiger partial charge on any atom is -0.497 e. The molecule has 1 aliphatic rings. The lowest BCUT2D eigenvalue weighted by molar-refractivity contribution is 0.0593. The van der Waals surface area contributed by atoms with Crippen LogP contribution in [0, 0.1) is 0 Å². The molecule has 1 N–H and O–H groups in total. The molecule has 1 heterocycles. The van der Waals surface area contributed by atoms with Crippen LogP contribution in [0.2, 0.25) is 5.02 Å². The summed E-state index contributed by atoms with van der Waals surface area (Å²) in [5.74, 6) is 1.62. The van der Waals surface area contributed by atoms with Gasteiger partial charge in [0.2, 0.25) is 0 Å². The molecular weight excluding hydrogens is 330 g/mol. The van der Waals surface area contributed by atoms with Crippen LogP contribution in [0.5, 0.6) is 5.75 Å². The monoisotopic (exact) mass is 347 g/mol. The van der Waals surface area contributed by atoms with Gasteiger partial charge in [-0.2, -0.15) is 0 Å². The number of halogens is 1. The van der Waals surface area contributed by atoms with Crippen molar-refractivity contribution in [1.82, 2.24) is 9.97 Å². The van der Waals surface area contributed by atoms with Gasteiger partial charge < -0.3 is 14.8 Å². The molecule has 0 radical (unpaired) electrons. The van der Waals surface area contributed by atoms with Gasteiger partial charge in [0.1, 0.15) is 22.4 Å². The summed E-state index contributed by atoms with van der Waals surface area (Å²) in [5.41, 5.74) is 1.14. The molecule has 1 saturated carbocycles. The molecule has 7 heteroatoms. The summed E-state index contributed by atoms with van der Waals surface area (Å²) in [6, 6.07) is 7.66. The molecule has 0 unspecified atom stereocenters. The van der Waals surface area contributed by atoms with Crippen LogP contribution in [-0.2, 0) is 11.3 Å². The number of nitrogens with zero attached hydrogens (tertiary/aromatic N) is 2. The second-order valence-corrected chi connectivity index (χ2v) is 5.94. The second kappa shape index (κ2) is 7.05. The predicted octanol–water partition coefficient (Wildman–Crippen LogP) is 3.41. The molecule has 6 nitrogen and oxygen atoms in total. The standard InChI is InChI=1S/C17H18ClN3O3/c1-23-12-7-3-10(4-8-12)9-19-16-13(18)14(17(22)24-2)20-15(21-16)11-5-6-11/h3-4,7-8,11H,5-6,9H2,1-2H3,(H,19,20,21). The van der Waals surface area contributed by atoms with E-state index in [-0.39, 0.29) is 10.7 Å². The number of carbonyl (C=O) groups is 1. The number of benzene rings is 1. The number of methoxy groups -OCH3 is 2. The molecule has 126 valence electrons. The van der Waals surface area contributed by atoms with Crippen LogP contribution >= 0.6 is 11.6 Å². The smallest absolute Gasteiger partial charge is 0.358 e. The maximum Gasteiger partial charge on any atom is 0.358 e. The number of ether oxygens (including phenoxy) is 2. The molecular formula is C17H18ClN3O3. The van der Waals surface area contributed by atoms with E-state index in [4.69, 9.17) is 21.1 Å². The van der Waals surface area contributed by atoms with Gasteiger partial charge in [-0.3, -0.25) is 0 Å². The lowest BCUT2D eigenvalue weighted by atomic mass is 10.2. The van der Waals surface area contributed by atoms with Gasteiger partial charge in [0.25, 0.3) is 0 Å². The lowest BCUT2D eigenvalue weighted by Crippen LogP contribution is -2.12. The molecule has 0 saturated heterocycles. The normalized spacial score (nSPS) is 13.5. The molecule has 1 aliphatic carbocycles. The van der Waals surface area contributed by atoms with Gasteiger partial charge in [-0.25, -0.2) is 14.8 Å². The number of hydrogen-bond donors (Lipinski definition) is 1. The summed E-state index contributed by atoms with van der Waals surface area (Å²) in [5, 5.41) is 3.36. The summed E-state index contributed by atoms with van der Waals surface area (Å²) in [7, 11) is 2.93. The average Bonchev–Trinajstić information content (AvgIpc) is 3.45. The Labute approximate surface area is 145 Å². The highest BCUT2D eigenvalue weighted by molar-refractivity contribution is 6.35. The summed E-state index contributed by atoms with van der Waals surface area (Å²) in [4.78, 5) is 20.6. The van der Waals surface area contributed by atoms with Gasteiger partial charge in [0.15, 0.2) is 5.69 Å². The predicted molar refractivity (Wildman–Crippen MR) is 90.7 cm³/mol. The lowest BCUT2D eigenvalue weighted by Gasteiger charge is -2.12. The fraction of sp³-hybridized carbons (Fsp3) is 0.353. The first-order chi connectivity index (χ1) is 11.6. The molecule has 1 aromatic carbocycles. The van der Waals surface area contributed by atoms with Crippen LogP contribution in [0.4, 0.5) is 5.82 Å². The third-order valence-corrected chi connectivity index (χ3v) is 4.17. The van der Waals surface area contributed by atoms with E-state index in [1.165, 1.54) is 7.11 Å². The minimum atomic E-state index is -0.559. The van der Waals surface area contributed by atoms with Gasteiger partial charge in [-0.05, 0) is 30.5 Å². The van der Waals surface area contributed by atoms with E-state index >= 15 is 0 Å². The molecule has 24 heavy (non-hydrogen) atoms. The Balaban J connectivity index is 1.82. The van der Waals surface area contributed by atoms with Crippen molar-refractivity contribution >= 4 is 23.4 Å². The van der Waals surface area contributed by atoms with Crippen molar-refractivity contribution in [3.05, 3.63) is 46.4 Å². The van der Waals surface area contributed by atoms with Crippen LogP contribution in [0.15, 0.2) is 24.3 Å². The Morgan fingerprint density at radius 2 is 1.96 bits per heavy atom. The molecule has 3 rings (SSSR count). The molecule has 0 bridgehead atoms. The summed E-state index contributed by atoms with van der Waals surface area (Å²) >= 11 is 6.29. The quantitative estimate of drug-likeness (QED) is 0.807. The van der Waals surface area contributed by atoms with Gasteiger partial charge in [-0.1, -0.05) is 23.7 Å². The van der Waals surface area contributed by atoms with Gasteiger partial charge in [0.05, 0.1) is 14.2 Å². The number of esters is 1. The first-order valence-electron chi connectivity index (χ1n) is 7.65. The summed E-state index contributed by atoms with van der Waals surface area (Å²) < 4.78 is 9.90. The maximum absolute atomic E-state index is 11.9.